The molecule has 0 spiro atoms. The van der Waals surface area contributed by atoms with Crippen LogP contribution >= 0.6 is 11.6 Å². The molecule has 8 heteroatoms. The largest absolute Gasteiger partial charge is 0.376 e. The second-order valence-corrected chi connectivity index (χ2v) is 6.81. The van der Waals surface area contributed by atoms with Gasteiger partial charge in [-0.3, -0.25) is 9.40 Å². The summed E-state index contributed by atoms with van der Waals surface area (Å²) < 4.78 is 28.9. The number of nitrogens with one attached hydrogen (secondary N) is 1. The van der Waals surface area contributed by atoms with Crippen molar-refractivity contribution in [2.75, 3.05) is 23.7 Å². The maximum Gasteiger partial charge on any atom is 0.265 e. The van der Waals surface area contributed by atoms with Crippen LogP contribution < -0.4 is 9.62 Å². The van der Waals surface area contributed by atoms with Crippen molar-refractivity contribution in [2.24, 2.45) is 0 Å². The summed E-state index contributed by atoms with van der Waals surface area (Å²) in [4.78, 5) is 1.93. The van der Waals surface area contributed by atoms with Gasteiger partial charge in [0.25, 0.3) is 10.0 Å². The third-order valence-corrected chi connectivity index (χ3v) is 4.48. The Hall–Kier alpha value is -1.73. The van der Waals surface area contributed by atoms with Crippen LogP contribution in [0, 0.1) is 0 Å². The van der Waals surface area contributed by atoms with E-state index in [1.54, 1.807) is 22.9 Å². The molecule has 0 radical (unpaired) electrons. The van der Waals surface area contributed by atoms with Gasteiger partial charge in [0.05, 0.1) is 17.6 Å². The summed E-state index contributed by atoms with van der Waals surface area (Å²) >= 11 is 5.95. The van der Waals surface area contributed by atoms with Gasteiger partial charge in [-0.25, -0.2) is 8.42 Å². The minimum atomic E-state index is -3.69. The Morgan fingerprint density at radius 2 is 2.10 bits per heavy atom. The summed E-state index contributed by atoms with van der Waals surface area (Å²) in [7, 11) is -0.0350. The highest BCUT2D eigenvalue weighted by molar-refractivity contribution is 7.92. The fourth-order valence-electron chi connectivity index (χ4n) is 1.84. The molecule has 1 heterocycles. The zero-order valence-corrected chi connectivity index (χ0v) is 13.6. The molecular weight excluding hydrogens is 312 g/mol. The Balaban J connectivity index is 2.38. The lowest BCUT2D eigenvalue weighted by Crippen LogP contribution is -2.17. The van der Waals surface area contributed by atoms with Crippen LogP contribution in [0.25, 0.3) is 0 Å². The van der Waals surface area contributed by atoms with Crippen LogP contribution in [0.2, 0.25) is 5.02 Å². The van der Waals surface area contributed by atoms with E-state index in [1.165, 1.54) is 12.4 Å². The molecule has 0 unspecified atom stereocenters. The number of aromatic nitrogens is 2. The summed E-state index contributed by atoms with van der Waals surface area (Å²) in [6, 6.07) is 5.05. The molecule has 114 valence electrons. The molecule has 1 aromatic heterocycles. The van der Waals surface area contributed by atoms with Crippen molar-refractivity contribution in [1.82, 2.24) is 9.78 Å². The first-order valence-electron chi connectivity index (χ1n) is 6.35. The smallest absolute Gasteiger partial charge is 0.265 e. The highest BCUT2D eigenvalue weighted by Gasteiger charge is 2.19. The van der Waals surface area contributed by atoms with Gasteiger partial charge in [0.15, 0.2) is 0 Å². The van der Waals surface area contributed by atoms with E-state index in [0.717, 1.165) is 5.69 Å². The summed E-state index contributed by atoms with van der Waals surface area (Å²) in [5, 5.41) is 4.44. The van der Waals surface area contributed by atoms with Crippen molar-refractivity contribution in [1.29, 1.82) is 0 Å². The normalized spacial score (nSPS) is 11.4. The Kier molecular flexibility index (Phi) is 4.43. The zero-order chi connectivity index (χ0) is 15.6. The highest BCUT2D eigenvalue weighted by Crippen LogP contribution is 2.29. The van der Waals surface area contributed by atoms with Gasteiger partial charge in [-0.2, -0.15) is 5.10 Å². The molecule has 0 saturated carbocycles. The predicted octanol–water partition coefficient (Wildman–Crippen LogP) is 2.42. The number of anilines is 2. The lowest BCUT2D eigenvalue weighted by atomic mass is 10.2. The van der Waals surface area contributed by atoms with Gasteiger partial charge in [0.2, 0.25) is 0 Å². The van der Waals surface area contributed by atoms with E-state index in [0.29, 0.717) is 17.3 Å². The van der Waals surface area contributed by atoms with E-state index in [9.17, 15) is 8.42 Å². The molecular formula is C13H17ClN4O2S. The maximum atomic E-state index is 12.4. The van der Waals surface area contributed by atoms with Gasteiger partial charge >= 0.3 is 0 Å². The third kappa shape index (κ3) is 3.48. The van der Waals surface area contributed by atoms with Crippen LogP contribution in [0.4, 0.5) is 11.4 Å². The Morgan fingerprint density at radius 1 is 1.38 bits per heavy atom. The van der Waals surface area contributed by atoms with Crippen LogP contribution in [0.15, 0.2) is 35.5 Å². The molecule has 0 fully saturated rings. The van der Waals surface area contributed by atoms with Gasteiger partial charge in [-0.1, -0.05) is 11.6 Å². The first-order chi connectivity index (χ1) is 9.83. The molecule has 0 saturated heterocycles. The average Bonchev–Trinajstić information content (AvgIpc) is 2.87. The summed E-state index contributed by atoms with van der Waals surface area (Å²) in [5.74, 6) is 0. The van der Waals surface area contributed by atoms with E-state index in [2.05, 4.69) is 9.82 Å². The number of hydrogen-bond donors (Lipinski definition) is 1. The molecule has 0 atom stereocenters. The van der Waals surface area contributed by atoms with Crippen molar-refractivity contribution in [3.8, 4) is 0 Å². The number of aryl methyl sites for hydroxylation is 1. The van der Waals surface area contributed by atoms with E-state index >= 15 is 0 Å². The average molecular weight is 329 g/mol. The lowest BCUT2D eigenvalue weighted by Gasteiger charge is -2.18. The molecule has 0 amide bonds. The molecule has 0 aliphatic heterocycles. The standard InChI is InChI=1S/C13H17ClN4O2S/c1-4-18-9-11(8-15-18)21(19,20)16-12-7-10(14)5-6-13(12)17(2)3/h5-9,16H,4H2,1-3H3. The monoisotopic (exact) mass is 328 g/mol. The number of hydrogen-bond acceptors (Lipinski definition) is 4. The third-order valence-electron chi connectivity index (χ3n) is 2.93. The van der Waals surface area contributed by atoms with Gasteiger partial charge < -0.3 is 4.90 Å². The molecule has 0 aliphatic carbocycles. The molecule has 2 rings (SSSR count). The fraction of sp³-hybridized carbons (Fsp3) is 0.308. The molecule has 0 bridgehead atoms. The second-order valence-electron chi connectivity index (χ2n) is 4.69. The Bertz CT molecular complexity index is 740. The SMILES string of the molecule is CCn1cc(S(=O)(=O)Nc2cc(Cl)ccc2N(C)C)cn1. The van der Waals surface area contributed by atoms with Gasteiger partial charge in [0, 0.05) is 31.9 Å². The molecule has 1 N–H and O–H groups in total. The fourth-order valence-corrected chi connectivity index (χ4v) is 3.03. The first-order valence-corrected chi connectivity index (χ1v) is 8.21. The summed E-state index contributed by atoms with van der Waals surface area (Å²) in [6.45, 7) is 2.49. The zero-order valence-electron chi connectivity index (χ0n) is 12.0. The van der Waals surface area contributed by atoms with E-state index in [4.69, 9.17) is 11.6 Å². The van der Waals surface area contributed by atoms with Crippen molar-refractivity contribution >= 4 is 33.0 Å². The lowest BCUT2D eigenvalue weighted by molar-refractivity contribution is 0.600. The Morgan fingerprint density at radius 3 is 2.67 bits per heavy atom. The molecule has 1 aromatic carbocycles. The van der Waals surface area contributed by atoms with Crippen molar-refractivity contribution < 1.29 is 8.42 Å². The maximum absolute atomic E-state index is 12.4. The minimum Gasteiger partial charge on any atom is -0.376 e. The van der Waals surface area contributed by atoms with E-state index in [-0.39, 0.29) is 4.90 Å². The van der Waals surface area contributed by atoms with Crippen LogP contribution in [0.1, 0.15) is 6.92 Å². The number of benzene rings is 1. The van der Waals surface area contributed by atoms with Gasteiger partial charge in [0.1, 0.15) is 4.90 Å². The summed E-state index contributed by atoms with van der Waals surface area (Å²) in [6.07, 6.45) is 2.81. The number of halogens is 1. The second kappa shape index (κ2) is 5.95. The van der Waals surface area contributed by atoms with Crippen LogP contribution in [0.3, 0.4) is 0 Å². The molecule has 21 heavy (non-hydrogen) atoms. The van der Waals surface area contributed by atoms with E-state index < -0.39 is 10.0 Å². The van der Waals surface area contributed by atoms with Crippen molar-refractivity contribution in [3.05, 3.63) is 35.6 Å². The topological polar surface area (TPSA) is 67.2 Å². The van der Waals surface area contributed by atoms with Crippen LogP contribution in [0.5, 0.6) is 0 Å². The highest BCUT2D eigenvalue weighted by atomic mass is 35.5. The van der Waals surface area contributed by atoms with E-state index in [1.807, 2.05) is 25.9 Å². The Labute approximate surface area is 129 Å². The van der Waals surface area contributed by atoms with Gasteiger partial charge in [-0.15, -0.1) is 0 Å². The van der Waals surface area contributed by atoms with Crippen molar-refractivity contribution in [2.45, 2.75) is 18.4 Å². The minimum absolute atomic E-state index is 0.119. The quantitative estimate of drug-likeness (QED) is 0.915. The number of sulfonamides is 1. The molecule has 2 aromatic rings. The van der Waals surface area contributed by atoms with Gasteiger partial charge in [-0.05, 0) is 25.1 Å². The molecule has 6 nitrogen and oxygen atoms in total. The summed E-state index contributed by atoms with van der Waals surface area (Å²) in [5.41, 5.74) is 1.16. The number of nitrogens with zero attached hydrogens (tertiary/aromatic N) is 3. The van der Waals surface area contributed by atoms with Crippen LogP contribution in [-0.4, -0.2) is 32.3 Å². The van der Waals surface area contributed by atoms with Crippen LogP contribution in [-0.2, 0) is 16.6 Å². The first kappa shape index (κ1) is 15.7. The predicted molar refractivity (Wildman–Crippen MR) is 84.5 cm³/mol. The molecule has 0 aliphatic rings. The number of rotatable bonds is 5. The van der Waals surface area contributed by atoms with Crippen molar-refractivity contribution in [3.63, 3.8) is 0 Å².